The Morgan fingerprint density at radius 1 is 1.33 bits per heavy atom. The molecular weight excluding hydrogens is 374 g/mol. The topological polar surface area (TPSA) is 55.4 Å². The Balaban J connectivity index is 2.20. The average Bonchev–Trinajstić information content (AvgIpc) is 2.77. The number of nitrogens with one attached hydrogen (secondary N) is 1. The Labute approximate surface area is 137 Å². The third kappa shape index (κ3) is 4.21. The zero-order chi connectivity index (χ0) is 15.5. The van der Waals surface area contributed by atoms with Crippen LogP contribution in [-0.4, -0.2) is 15.0 Å². The van der Waals surface area contributed by atoms with E-state index in [2.05, 4.69) is 20.7 Å². The minimum atomic E-state index is -3.57. The SMILES string of the molecule is CCCOc1cccc(NS(=O)(=O)c2cc(C)c(Br)s2)c1. The second-order valence-electron chi connectivity index (χ2n) is 4.50. The fourth-order valence-corrected chi connectivity index (χ4v) is 4.91. The highest BCUT2D eigenvalue weighted by Gasteiger charge is 2.18. The second-order valence-corrected chi connectivity index (χ2v) is 8.78. The van der Waals surface area contributed by atoms with Gasteiger partial charge in [-0.25, -0.2) is 8.42 Å². The molecule has 4 nitrogen and oxygen atoms in total. The van der Waals surface area contributed by atoms with Gasteiger partial charge in [0.15, 0.2) is 0 Å². The lowest BCUT2D eigenvalue weighted by molar-refractivity contribution is 0.317. The third-order valence-electron chi connectivity index (χ3n) is 2.66. The molecule has 0 saturated heterocycles. The van der Waals surface area contributed by atoms with Crippen LogP contribution < -0.4 is 9.46 Å². The molecule has 1 aromatic carbocycles. The predicted octanol–water partition coefficient (Wildman–Crippen LogP) is 4.41. The fourth-order valence-electron chi connectivity index (χ4n) is 1.64. The Bertz CT molecular complexity index is 706. The molecule has 0 fully saturated rings. The quantitative estimate of drug-likeness (QED) is 0.795. The normalized spacial score (nSPS) is 11.4. The van der Waals surface area contributed by atoms with Gasteiger partial charge in [0.25, 0.3) is 10.0 Å². The second kappa shape index (κ2) is 6.81. The Morgan fingerprint density at radius 3 is 2.71 bits per heavy atom. The molecule has 2 aromatic rings. The molecular formula is C14H16BrNO3S2. The summed E-state index contributed by atoms with van der Waals surface area (Å²) in [5.74, 6) is 0.653. The van der Waals surface area contributed by atoms with Gasteiger partial charge in [0.05, 0.1) is 16.1 Å². The number of hydrogen-bond acceptors (Lipinski definition) is 4. The van der Waals surface area contributed by atoms with E-state index in [0.717, 1.165) is 15.8 Å². The summed E-state index contributed by atoms with van der Waals surface area (Å²) in [6, 6.07) is 8.60. The molecule has 0 atom stereocenters. The summed E-state index contributed by atoms with van der Waals surface area (Å²) in [5.41, 5.74) is 1.39. The lowest BCUT2D eigenvalue weighted by atomic mass is 10.3. The van der Waals surface area contributed by atoms with E-state index in [1.807, 2.05) is 13.8 Å². The van der Waals surface area contributed by atoms with E-state index in [-0.39, 0.29) is 4.21 Å². The number of ether oxygens (including phenoxy) is 1. The van der Waals surface area contributed by atoms with Gasteiger partial charge in [-0.2, -0.15) is 0 Å². The molecule has 7 heteroatoms. The predicted molar refractivity (Wildman–Crippen MR) is 89.8 cm³/mol. The number of halogens is 1. The van der Waals surface area contributed by atoms with Crippen LogP contribution in [-0.2, 0) is 10.0 Å². The Morgan fingerprint density at radius 2 is 2.10 bits per heavy atom. The van der Waals surface area contributed by atoms with Gasteiger partial charge >= 0.3 is 0 Å². The van der Waals surface area contributed by atoms with Crippen molar-refractivity contribution in [2.45, 2.75) is 24.5 Å². The highest BCUT2D eigenvalue weighted by Crippen LogP contribution is 2.31. The summed E-state index contributed by atoms with van der Waals surface area (Å²) in [6.07, 6.45) is 0.901. The van der Waals surface area contributed by atoms with Crippen LogP contribution in [0.4, 0.5) is 5.69 Å². The summed E-state index contributed by atoms with van der Waals surface area (Å²) >= 11 is 4.53. The molecule has 0 aliphatic heterocycles. The van der Waals surface area contributed by atoms with Gasteiger partial charge in [-0.15, -0.1) is 11.3 Å². The summed E-state index contributed by atoms with van der Waals surface area (Å²) in [7, 11) is -3.57. The molecule has 0 radical (unpaired) electrons. The van der Waals surface area contributed by atoms with E-state index in [0.29, 0.717) is 18.0 Å². The first kappa shape index (κ1) is 16.3. The van der Waals surface area contributed by atoms with Crippen LogP contribution in [0.5, 0.6) is 5.75 Å². The Hall–Kier alpha value is -1.05. The van der Waals surface area contributed by atoms with Crippen molar-refractivity contribution < 1.29 is 13.2 Å². The van der Waals surface area contributed by atoms with E-state index in [1.54, 1.807) is 30.3 Å². The van der Waals surface area contributed by atoms with Crippen LogP contribution in [0.3, 0.4) is 0 Å². The molecule has 0 aliphatic rings. The molecule has 0 bridgehead atoms. The number of sulfonamides is 1. The lowest BCUT2D eigenvalue weighted by Gasteiger charge is -2.09. The first-order valence-electron chi connectivity index (χ1n) is 6.44. The van der Waals surface area contributed by atoms with E-state index < -0.39 is 10.0 Å². The molecule has 1 N–H and O–H groups in total. The first-order chi connectivity index (χ1) is 9.92. The maximum Gasteiger partial charge on any atom is 0.271 e. The summed E-state index contributed by atoms with van der Waals surface area (Å²) in [6.45, 7) is 4.48. The van der Waals surface area contributed by atoms with Gasteiger partial charge in [-0.05, 0) is 53.0 Å². The summed E-state index contributed by atoms with van der Waals surface area (Å²) in [5, 5.41) is 0. The van der Waals surface area contributed by atoms with Crippen molar-refractivity contribution in [2.24, 2.45) is 0 Å². The third-order valence-corrected chi connectivity index (χ3v) is 6.65. The molecule has 114 valence electrons. The van der Waals surface area contributed by atoms with Crippen molar-refractivity contribution in [2.75, 3.05) is 11.3 Å². The monoisotopic (exact) mass is 389 g/mol. The molecule has 0 aliphatic carbocycles. The lowest BCUT2D eigenvalue weighted by Crippen LogP contribution is -2.11. The average molecular weight is 390 g/mol. The molecule has 21 heavy (non-hydrogen) atoms. The van der Waals surface area contributed by atoms with E-state index in [1.165, 1.54) is 11.3 Å². The molecule has 2 rings (SSSR count). The van der Waals surface area contributed by atoms with Crippen LogP contribution in [0.25, 0.3) is 0 Å². The number of anilines is 1. The number of rotatable bonds is 6. The van der Waals surface area contributed by atoms with Crippen molar-refractivity contribution in [3.05, 3.63) is 39.7 Å². The summed E-state index contributed by atoms with van der Waals surface area (Å²) in [4.78, 5) is 0. The minimum absolute atomic E-state index is 0.284. The minimum Gasteiger partial charge on any atom is -0.494 e. The van der Waals surface area contributed by atoms with Crippen LogP contribution in [0, 0.1) is 6.92 Å². The molecule has 0 unspecified atom stereocenters. The van der Waals surface area contributed by atoms with Crippen molar-refractivity contribution >= 4 is 43.0 Å². The van der Waals surface area contributed by atoms with E-state index in [4.69, 9.17) is 4.74 Å². The van der Waals surface area contributed by atoms with Gasteiger partial charge in [-0.1, -0.05) is 13.0 Å². The van der Waals surface area contributed by atoms with Crippen LogP contribution in [0.1, 0.15) is 18.9 Å². The molecule has 0 saturated carbocycles. The molecule has 1 heterocycles. The number of thiophene rings is 1. The largest absolute Gasteiger partial charge is 0.494 e. The van der Waals surface area contributed by atoms with Gasteiger partial charge in [0.1, 0.15) is 9.96 Å². The smallest absolute Gasteiger partial charge is 0.271 e. The Kier molecular flexibility index (Phi) is 5.29. The number of hydrogen-bond donors (Lipinski definition) is 1. The van der Waals surface area contributed by atoms with Gasteiger partial charge in [0.2, 0.25) is 0 Å². The van der Waals surface area contributed by atoms with Crippen LogP contribution in [0.15, 0.2) is 38.3 Å². The van der Waals surface area contributed by atoms with Gasteiger partial charge in [-0.3, -0.25) is 4.72 Å². The summed E-state index contributed by atoms with van der Waals surface area (Å²) < 4.78 is 33.8. The van der Waals surface area contributed by atoms with Crippen molar-refractivity contribution in [3.63, 3.8) is 0 Å². The highest BCUT2D eigenvalue weighted by atomic mass is 79.9. The molecule has 0 spiro atoms. The fraction of sp³-hybridized carbons (Fsp3) is 0.286. The standard InChI is InChI=1S/C14H16BrNO3S2/c1-3-7-19-12-6-4-5-11(9-12)16-21(17,18)13-8-10(2)14(15)20-13/h4-6,8-9,16H,3,7H2,1-2H3. The zero-order valence-electron chi connectivity index (χ0n) is 11.7. The maximum atomic E-state index is 12.3. The highest BCUT2D eigenvalue weighted by molar-refractivity contribution is 9.11. The number of aryl methyl sites for hydroxylation is 1. The van der Waals surface area contributed by atoms with Crippen LogP contribution >= 0.6 is 27.3 Å². The first-order valence-corrected chi connectivity index (χ1v) is 9.53. The van der Waals surface area contributed by atoms with Crippen molar-refractivity contribution in [3.8, 4) is 5.75 Å². The van der Waals surface area contributed by atoms with E-state index >= 15 is 0 Å². The van der Waals surface area contributed by atoms with Crippen LogP contribution in [0.2, 0.25) is 0 Å². The zero-order valence-corrected chi connectivity index (χ0v) is 14.9. The van der Waals surface area contributed by atoms with Gasteiger partial charge < -0.3 is 4.74 Å². The van der Waals surface area contributed by atoms with Crippen molar-refractivity contribution in [1.82, 2.24) is 0 Å². The van der Waals surface area contributed by atoms with E-state index in [9.17, 15) is 8.42 Å². The molecule has 1 aromatic heterocycles. The molecule has 0 amide bonds. The van der Waals surface area contributed by atoms with Crippen molar-refractivity contribution in [1.29, 1.82) is 0 Å². The maximum absolute atomic E-state index is 12.3. The van der Waals surface area contributed by atoms with Gasteiger partial charge in [0, 0.05) is 6.07 Å². The number of benzene rings is 1.